The molecule has 0 aliphatic rings. The quantitative estimate of drug-likeness (QED) is 0.407. The minimum Gasteiger partial charge on any atom is -0.493 e. The number of hydrogen-bond acceptors (Lipinski definition) is 5. The lowest BCUT2D eigenvalue weighted by Crippen LogP contribution is -2.27. The average Bonchev–Trinajstić information content (AvgIpc) is 2.82. The van der Waals surface area contributed by atoms with Crippen LogP contribution in [0.15, 0.2) is 65.6 Å². The van der Waals surface area contributed by atoms with Crippen molar-refractivity contribution in [3.63, 3.8) is 0 Å². The molecule has 3 aromatic carbocycles. The molecule has 6 nitrogen and oxygen atoms in total. The SMILES string of the molecule is COc1ccc(NC(=O)CSc2ccccc2C(=O)NC(C)c2ccc(F)cc2F)cc1OC. The van der Waals surface area contributed by atoms with Gasteiger partial charge in [0.2, 0.25) is 5.91 Å². The third kappa shape index (κ3) is 6.26. The largest absolute Gasteiger partial charge is 0.493 e. The maximum atomic E-state index is 14.1. The normalized spacial score (nSPS) is 11.4. The molecule has 0 bridgehead atoms. The van der Waals surface area contributed by atoms with Gasteiger partial charge in [-0.25, -0.2) is 8.78 Å². The Labute approximate surface area is 200 Å². The van der Waals surface area contributed by atoms with Gasteiger partial charge >= 0.3 is 0 Å². The van der Waals surface area contributed by atoms with E-state index in [1.807, 2.05) is 0 Å². The summed E-state index contributed by atoms with van der Waals surface area (Å²) in [5, 5.41) is 5.51. The lowest BCUT2D eigenvalue weighted by Gasteiger charge is -2.16. The van der Waals surface area contributed by atoms with Crippen LogP contribution in [-0.4, -0.2) is 31.8 Å². The maximum absolute atomic E-state index is 14.1. The highest BCUT2D eigenvalue weighted by molar-refractivity contribution is 8.00. The Morgan fingerprint density at radius 3 is 2.41 bits per heavy atom. The number of carbonyl (C=O) groups excluding carboxylic acids is 2. The number of amides is 2. The molecular formula is C25H24F2N2O4S. The van der Waals surface area contributed by atoms with Crippen molar-refractivity contribution >= 4 is 29.3 Å². The van der Waals surface area contributed by atoms with E-state index in [1.54, 1.807) is 49.4 Å². The van der Waals surface area contributed by atoms with Crippen LogP contribution in [0.3, 0.4) is 0 Å². The van der Waals surface area contributed by atoms with Crippen LogP contribution in [0.4, 0.5) is 14.5 Å². The Balaban J connectivity index is 1.64. The Morgan fingerprint density at radius 1 is 0.971 bits per heavy atom. The molecule has 0 saturated heterocycles. The van der Waals surface area contributed by atoms with E-state index in [2.05, 4.69) is 10.6 Å². The summed E-state index contributed by atoms with van der Waals surface area (Å²) in [4.78, 5) is 25.9. The lowest BCUT2D eigenvalue weighted by atomic mass is 10.1. The van der Waals surface area contributed by atoms with Crippen molar-refractivity contribution in [1.82, 2.24) is 5.32 Å². The summed E-state index contributed by atoms with van der Waals surface area (Å²) in [5.74, 6) is -1.03. The van der Waals surface area contributed by atoms with Gasteiger partial charge in [0.25, 0.3) is 5.91 Å². The molecule has 3 aromatic rings. The first-order chi connectivity index (χ1) is 16.3. The average molecular weight is 487 g/mol. The predicted octanol–water partition coefficient (Wildman–Crippen LogP) is 5.20. The first kappa shape index (κ1) is 25.0. The molecule has 2 N–H and O–H groups in total. The van der Waals surface area contributed by atoms with Gasteiger partial charge in [0.05, 0.1) is 31.6 Å². The van der Waals surface area contributed by atoms with Gasteiger partial charge in [-0.05, 0) is 37.3 Å². The fraction of sp³-hybridized carbons (Fsp3) is 0.200. The minimum absolute atomic E-state index is 0.0563. The summed E-state index contributed by atoms with van der Waals surface area (Å²) >= 11 is 1.20. The van der Waals surface area contributed by atoms with Crippen LogP contribution in [-0.2, 0) is 4.79 Å². The first-order valence-corrected chi connectivity index (χ1v) is 11.3. The summed E-state index contributed by atoms with van der Waals surface area (Å²) in [6.45, 7) is 1.61. The topological polar surface area (TPSA) is 76.7 Å². The van der Waals surface area contributed by atoms with Crippen molar-refractivity contribution in [3.05, 3.63) is 83.4 Å². The Hall–Kier alpha value is -3.59. The number of anilines is 1. The van der Waals surface area contributed by atoms with Gasteiger partial charge in [0, 0.05) is 28.3 Å². The molecule has 9 heteroatoms. The predicted molar refractivity (Wildman–Crippen MR) is 128 cm³/mol. The molecule has 0 aromatic heterocycles. The molecule has 34 heavy (non-hydrogen) atoms. The Bertz CT molecular complexity index is 1190. The molecule has 2 amide bonds. The van der Waals surface area contributed by atoms with Crippen LogP contribution in [0.5, 0.6) is 11.5 Å². The highest BCUT2D eigenvalue weighted by atomic mass is 32.2. The van der Waals surface area contributed by atoms with Crippen LogP contribution < -0.4 is 20.1 Å². The summed E-state index contributed by atoms with van der Waals surface area (Å²) in [7, 11) is 3.03. The van der Waals surface area contributed by atoms with Crippen molar-refractivity contribution in [3.8, 4) is 11.5 Å². The third-order valence-electron chi connectivity index (χ3n) is 4.93. The second kappa shape index (κ2) is 11.5. The van der Waals surface area contributed by atoms with Crippen LogP contribution in [0.1, 0.15) is 28.9 Å². The van der Waals surface area contributed by atoms with Gasteiger partial charge in [-0.2, -0.15) is 0 Å². The zero-order valence-electron chi connectivity index (χ0n) is 18.9. The highest BCUT2D eigenvalue weighted by Gasteiger charge is 2.18. The molecule has 178 valence electrons. The number of carbonyl (C=O) groups is 2. The van der Waals surface area contributed by atoms with E-state index < -0.39 is 23.6 Å². The van der Waals surface area contributed by atoms with E-state index in [9.17, 15) is 18.4 Å². The van der Waals surface area contributed by atoms with Gasteiger partial charge in [-0.3, -0.25) is 9.59 Å². The second-order valence-corrected chi connectivity index (χ2v) is 8.28. The molecule has 1 atom stereocenters. The van der Waals surface area contributed by atoms with Crippen molar-refractivity contribution in [2.45, 2.75) is 17.9 Å². The van der Waals surface area contributed by atoms with Gasteiger partial charge in [0.15, 0.2) is 11.5 Å². The number of methoxy groups -OCH3 is 2. The molecule has 1 unspecified atom stereocenters. The van der Waals surface area contributed by atoms with Crippen LogP contribution in [0, 0.1) is 11.6 Å². The number of rotatable bonds is 9. The molecule has 0 radical (unpaired) electrons. The van der Waals surface area contributed by atoms with Crippen LogP contribution >= 0.6 is 11.8 Å². The number of hydrogen-bond donors (Lipinski definition) is 2. The molecule has 0 aliphatic heterocycles. The number of ether oxygens (including phenoxy) is 2. The maximum Gasteiger partial charge on any atom is 0.252 e. The summed E-state index contributed by atoms with van der Waals surface area (Å²) in [5.41, 5.74) is 1.07. The smallest absolute Gasteiger partial charge is 0.252 e. The zero-order chi connectivity index (χ0) is 24.7. The van der Waals surface area contributed by atoms with E-state index in [-0.39, 0.29) is 17.2 Å². The van der Waals surface area contributed by atoms with E-state index in [4.69, 9.17) is 9.47 Å². The number of benzene rings is 3. The van der Waals surface area contributed by atoms with Crippen molar-refractivity contribution in [1.29, 1.82) is 0 Å². The van der Waals surface area contributed by atoms with Crippen molar-refractivity contribution in [2.75, 3.05) is 25.3 Å². The second-order valence-electron chi connectivity index (χ2n) is 7.26. The number of thioether (sulfide) groups is 1. The Morgan fingerprint density at radius 2 is 1.71 bits per heavy atom. The fourth-order valence-corrected chi connectivity index (χ4v) is 4.09. The lowest BCUT2D eigenvalue weighted by molar-refractivity contribution is -0.113. The molecule has 0 fully saturated rings. The van der Waals surface area contributed by atoms with Gasteiger partial charge in [-0.15, -0.1) is 11.8 Å². The van der Waals surface area contributed by atoms with Crippen LogP contribution in [0.25, 0.3) is 0 Å². The van der Waals surface area contributed by atoms with Crippen LogP contribution in [0.2, 0.25) is 0 Å². The van der Waals surface area contributed by atoms with Gasteiger partial charge in [0.1, 0.15) is 11.6 Å². The number of nitrogens with one attached hydrogen (secondary N) is 2. The van der Waals surface area contributed by atoms with E-state index in [1.165, 1.54) is 32.0 Å². The molecule has 0 saturated carbocycles. The monoisotopic (exact) mass is 486 g/mol. The van der Waals surface area contributed by atoms with E-state index in [0.717, 1.165) is 12.1 Å². The molecule has 0 spiro atoms. The molecular weight excluding hydrogens is 462 g/mol. The minimum atomic E-state index is -0.734. The van der Waals surface area contributed by atoms with E-state index >= 15 is 0 Å². The summed E-state index contributed by atoms with van der Waals surface area (Å²) in [6.07, 6.45) is 0. The third-order valence-corrected chi connectivity index (χ3v) is 6.01. The summed E-state index contributed by atoms with van der Waals surface area (Å²) in [6, 6.07) is 14.4. The highest BCUT2D eigenvalue weighted by Crippen LogP contribution is 2.30. The molecule has 0 aliphatic carbocycles. The molecule has 0 heterocycles. The standard InChI is InChI=1S/C25H24F2N2O4S/c1-15(18-10-8-16(26)12-20(18)27)28-25(31)19-6-4-5-7-23(19)34-14-24(30)29-17-9-11-21(32-2)22(13-17)33-3/h4-13,15H,14H2,1-3H3,(H,28,31)(H,29,30). The van der Waals surface area contributed by atoms with Gasteiger partial charge in [-0.1, -0.05) is 18.2 Å². The Kier molecular flexibility index (Phi) is 8.48. The van der Waals surface area contributed by atoms with Crippen molar-refractivity contribution < 1.29 is 27.8 Å². The molecule has 3 rings (SSSR count). The first-order valence-electron chi connectivity index (χ1n) is 10.3. The zero-order valence-corrected chi connectivity index (χ0v) is 19.7. The fourth-order valence-electron chi connectivity index (χ4n) is 3.24. The van der Waals surface area contributed by atoms with E-state index in [0.29, 0.717) is 27.6 Å². The van der Waals surface area contributed by atoms with Crippen molar-refractivity contribution in [2.24, 2.45) is 0 Å². The summed E-state index contributed by atoms with van der Waals surface area (Å²) < 4.78 is 37.7. The van der Waals surface area contributed by atoms with Gasteiger partial charge < -0.3 is 20.1 Å². The number of halogens is 2.